The van der Waals surface area contributed by atoms with Crippen LogP contribution in [0.1, 0.15) is 45.4 Å². The van der Waals surface area contributed by atoms with Gasteiger partial charge in [-0.15, -0.1) is 0 Å². The van der Waals surface area contributed by atoms with Crippen molar-refractivity contribution in [3.8, 4) is 0 Å². The van der Waals surface area contributed by atoms with E-state index < -0.39 is 0 Å². The van der Waals surface area contributed by atoms with E-state index in [0.717, 1.165) is 6.54 Å². The Morgan fingerprint density at radius 2 is 1.85 bits per heavy atom. The molecule has 0 aromatic heterocycles. The van der Waals surface area contributed by atoms with E-state index in [1.165, 1.54) is 38.5 Å². The van der Waals surface area contributed by atoms with Gasteiger partial charge in [0.15, 0.2) is 0 Å². The average Bonchev–Trinajstić information content (AvgIpc) is 2.10. The second-order valence-electron chi connectivity index (χ2n) is 3.93. The highest BCUT2D eigenvalue weighted by Gasteiger charge is 2.20. The van der Waals surface area contributed by atoms with E-state index in [9.17, 15) is 0 Å². The van der Waals surface area contributed by atoms with Gasteiger partial charge in [0.2, 0.25) is 0 Å². The Hall–Kier alpha value is -0.0800. The summed E-state index contributed by atoms with van der Waals surface area (Å²) in [5.41, 5.74) is 0. The summed E-state index contributed by atoms with van der Waals surface area (Å²) in [5, 5.41) is 3.53. The number of hydrogen-bond donors (Lipinski definition) is 1. The average molecular weight is 185 g/mol. The number of methoxy groups -OCH3 is 1. The minimum Gasteiger partial charge on any atom is -0.380 e. The first-order chi connectivity index (χ1) is 6.38. The maximum absolute atomic E-state index is 5.53. The Bertz CT molecular complexity index is 127. The molecule has 13 heavy (non-hydrogen) atoms. The van der Waals surface area contributed by atoms with Crippen molar-refractivity contribution in [1.29, 1.82) is 0 Å². The normalized spacial score (nSPS) is 30.9. The Kier molecular flexibility index (Phi) is 5.40. The molecule has 1 aliphatic rings. The molecule has 78 valence electrons. The highest BCUT2D eigenvalue weighted by Crippen LogP contribution is 2.19. The van der Waals surface area contributed by atoms with Crippen LogP contribution in [-0.4, -0.2) is 25.8 Å². The fourth-order valence-electron chi connectivity index (χ4n) is 2.23. The van der Waals surface area contributed by atoms with Crippen LogP contribution in [0.3, 0.4) is 0 Å². The monoisotopic (exact) mass is 185 g/mol. The molecule has 1 saturated carbocycles. The predicted molar refractivity (Wildman–Crippen MR) is 56.0 cm³/mol. The summed E-state index contributed by atoms with van der Waals surface area (Å²) in [7, 11) is 1.84. The minimum absolute atomic E-state index is 0.445. The largest absolute Gasteiger partial charge is 0.380 e. The van der Waals surface area contributed by atoms with E-state index in [4.69, 9.17) is 4.74 Å². The third-order valence-corrected chi connectivity index (χ3v) is 2.97. The maximum Gasteiger partial charge on any atom is 0.0724 e. The molecule has 0 aliphatic heterocycles. The van der Waals surface area contributed by atoms with Crippen molar-refractivity contribution in [2.24, 2.45) is 0 Å². The summed E-state index contributed by atoms with van der Waals surface area (Å²) in [4.78, 5) is 0. The zero-order valence-electron chi connectivity index (χ0n) is 9.01. The lowest BCUT2D eigenvalue weighted by molar-refractivity contribution is 0.0524. The molecular formula is C11H23NO. The van der Waals surface area contributed by atoms with Crippen LogP contribution in [-0.2, 0) is 4.74 Å². The van der Waals surface area contributed by atoms with Crippen LogP contribution in [0.2, 0.25) is 0 Å². The summed E-state index contributed by atoms with van der Waals surface area (Å²) < 4.78 is 5.53. The molecule has 0 saturated heterocycles. The third kappa shape index (κ3) is 3.65. The predicted octanol–water partition coefficient (Wildman–Crippen LogP) is 2.33. The first kappa shape index (κ1) is 11.0. The van der Waals surface area contributed by atoms with Gasteiger partial charge in [0.1, 0.15) is 0 Å². The first-order valence-corrected chi connectivity index (χ1v) is 5.64. The summed E-state index contributed by atoms with van der Waals surface area (Å²) >= 11 is 0. The molecule has 1 rings (SSSR count). The molecule has 1 aliphatic carbocycles. The molecule has 2 nitrogen and oxygen atoms in total. The van der Waals surface area contributed by atoms with E-state index in [1.54, 1.807) is 0 Å². The van der Waals surface area contributed by atoms with E-state index in [2.05, 4.69) is 12.2 Å². The fraction of sp³-hybridized carbons (Fsp3) is 1.00. The first-order valence-electron chi connectivity index (χ1n) is 5.64. The molecule has 0 heterocycles. The van der Waals surface area contributed by atoms with E-state index in [1.807, 2.05) is 7.11 Å². The smallest absolute Gasteiger partial charge is 0.0724 e. The molecule has 0 spiro atoms. The second-order valence-corrected chi connectivity index (χ2v) is 3.93. The Morgan fingerprint density at radius 3 is 2.46 bits per heavy atom. The van der Waals surface area contributed by atoms with Crippen molar-refractivity contribution in [3.05, 3.63) is 0 Å². The van der Waals surface area contributed by atoms with Crippen molar-refractivity contribution >= 4 is 0 Å². The molecule has 1 N–H and O–H groups in total. The molecular weight excluding hydrogens is 162 g/mol. The van der Waals surface area contributed by atoms with Gasteiger partial charge in [-0.25, -0.2) is 0 Å². The van der Waals surface area contributed by atoms with Gasteiger partial charge in [0.25, 0.3) is 0 Å². The zero-order valence-corrected chi connectivity index (χ0v) is 9.01. The van der Waals surface area contributed by atoms with Crippen molar-refractivity contribution in [2.45, 2.75) is 57.6 Å². The van der Waals surface area contributed by atoms with Crippen LogP contribution in [0.15, 0.2) is 0 Å². The van der Waals surface area contributed by atoms with Gasteiger partial charge in [0.05, 0.1) is 6.10 Å². The summed E-state index contributed by atoms with van der Waals surface area (Å²) in [6.07, 6.45) is 8.44. The SMILES string of the molecule is CCN[C@H]1CCCCCC[C@H]1OC. The molecule has 0 aromatic carbocycles. The molecule has 0 bridgehead atoms. The summed E-state index contributed by atoms with van der Waals surface area (Å²) in [6, 6.07) is 0.593. The van der Waals surface area contributed by atoms with Gasteiger partial charge < -0.3 is 10.1 Å². The molecule has 0 radical (unpaired) electrons. The standard InChI is InChI=1S/C11H23NO/c1-3-12-10-8-6-4-5-7-9-11(10)13-2/h10-12H,3-9H2,1-2H3/t10-,11+/m0/s1. The van der Waals surface area contributed by atoms with E-state index in [0.29, 0.717) is 12.1 Å². The maximum atomic E-state index is 5.53. The Morgan fingerprint density at radius 1 is 1.15 bits per heavy atom. The zero-order chi connectivity index (χ0) is 9.52. The van der Waals surface area contributed by atoms with Crippen LogP contribution < -0.4 is 5.32 Å². The van der Waals surface area contributed by atoms with Crippen molar-refractivity contribution < 1.29 is 4.74 Å². The highest BCUT2D eigenvalue weighted by molar-refractivity contribution is 4.78. The lowest BCUT2D eigenvalue weighted by Gasteiger charge is -2.28. The number of likely N-dealkylation sites (N-methyl/N-ethyl adjacent to an activating group) is 1. The van der Waals surface area contributed by atoms with Crippen molar-refractivity contribution in [1.82, 2.24) is 5.32 Å². The number of nitrogens with one attached hydrogen (secondary N) is 1. The van der Waals surface area contributed by atoms with Crippen molar-refractivity contribution in [3.63, 3.8) is 0 Å². The highest BCUT2D eigenvalue weighted by atomic mass is 16.5. The van der Waals surface area contributed by atoms with Crippen LogP contribution in [0.5, 0.6) is 0 Å². The number of rotatable bonds is 3. The van der Waals surface area contributed by atoms with Gasteiger partial charge in [-0.05, 0) is 19.4 Å². The van der Waals surface area contributed by atoms with E-state index >= 15 is 0 Å². The minimum atomic E-state index is 0.445. The lowest BCUT2D eigenvalue weighted by atomic mass is 9.94. The molecule has 0 aromatic rings. The molecule has 0 unspecified atom stereocenters. The Balaban J connectivity index is 2.40. The van der Waals surface area contributed by atoms with Crippen LogP contribution in [0.4, 0.5) is 0 Å². The molecule has 1 fully saturated rings. The lowest BCUT2D eigenvalue weighted by Crippen LogP contribution is -2.41. The number of hydrogen-bond acceptors (Lipinski definition) is 2. The van der Waals surface area contributed by atoms with E-state index in [-0.39, 0.29) is 0 Å². The number of ether oxygens (including phenoxy) is 1. The fourth-order valence-corrected chi connectivity index (χ4v) is 2.23. The van der Waals surface area contributed by atoms with Crippen molar-refractivity contribution in [2.75, 3.05) is 13.7 Å². The molecule has 2 heteroatoms. The molecule has 2 atom stereocenters. The van der Waals surface area contributed by atoms with Gasteiger partial charge in [-0.1, -0.05) is 32.6 Å². The van der Waals surface area contributed by atoms with Gasteiger partial charge in [-0.2, -0.15) is 0 Å². The quantitative estimate of drug-likeness (QED) is 0.728. The summed E-state index contributed by atoms with van der Waals surface area (Å²) in [6.45, 7) is 3.23. The van der Waals surface area contributed by atoms with Gasteiger partial charge >= 0.3 is 0 Å². The second kappa shape index (κ2) is 6.39. The Labute approximate surface area is 82.0 Å². The topological polar surface area (TPSA) is 21.3 Å². The van der Waals surface area contributed by atoms with Crippen LogP contribution in [0.25, 0.3) is 0 Å². The molecule has 0 amide bonds. The van der Waals surface area contributed by atoms with Gasteiger partial charge in [-0.3, -0.25) is 0 Å². The van der Waals surface area contributed by atoms with Gasteiger partial charge in [0, 0.05) is 13.2 Å². The van der Waals surface area contributed by atoms with Crippen LogP contribution >= 0.6 is 0 Å². The summed E-state index contributed by atoms with van der Waals surface area (Å²) in [5.74, 6) is 0. The van der Waals surface area contributed by atoms with Crippen LogP contribution in [0, 0.1) is 0 Å². The third-order valence-electron chi connectivity index (χ3n) is 2.97.